The van der Waals surface area contributed by atoms with Gasteiger partial charge in [0.1, 0.15) is 5.82 Å². The molecule has 1 fully saturated rings. The van der Waals surface area contributed by atoms with Gasteiger partial charge in [-0.3, -0.25) is 24.2 Å². The monoisotopic (exact) mass is 423 g/mol. The van der Waals surface area contributed by atoms with Crippen molar-refractivity contribution in [3.8, 4) is 0 Å². The Labute approximate surface area is 181 Å². The minimum absolute atomic E-state index is 0.0259. The van der Waals surface area contributed by atoms with Gasteiger partial charge in [-0.25, -0.2) is 4.39 Å². The van der Waals surface area contributed by atoms with E-state index in [9.17, 15) is 18.8 Å². The first-order valence-corrected chi connectivity index (χ1v) is 10.6. The number of carbonyl (C=O) groups excluding carboxylic acids is 3. The van der Waals surface area contributed by atoms with Crippen LogP contribution in [0, 0.1) is 12.7 Å². The quantitative estimate of drug-likeness (QED) is 0.671. The van der Waals surface area contributed by atoms with Gasteiger partial charge >= 0.3 is 0 Å². The first-order valence-electron chi connectivity index (χ1n) is 10.6. The third-order valence-corrected chi connectivity index (χ3v) is 5.98. The van der Waals surface area contributed by atoms with Gasteiger partial charge in [0.2, 0.25) is 5.91 Å². The normalized spacial score (nSPS) is 16.7. The summed E-state index contributed by atoms with van der Waals surface area (Å²) in [6.45, 7) is 5.24. The van der Waals surface area contributed by atoms with Crippen molar-refractivity contribution in [2.45, 2.75) is 26.3 Å². The van der Waals surface area contributed by atoms with Crippen molar-refractivity contribution in [2.75, 3.05) is 32.7 Å². The van der Waals surface area contributed by atoms with Crippen LogP contribution in [0.5, 0.6) is 0 Å². The number of rotatable bonds is 6. The number of amides is 3. The van der Waals surface area contributed by atoms with Crippen LogP contribution in [0.3, 0.4) is 0 Å². The summed E-state index contributed by atoms with van der Waals surface area (Å²) in [5.41, 5.74) is 2.49. The second kappa shape index (κ2) is 8.98. The van der Waals surface area contributed by atoms with E-state index in [1.165, 1.54) is 11.0 Å². The van der Waals surface area contributed by atoms with Crippen molar-refractivity contribution in [3.63, 3.8) is 0 Å². The van der Waals surface area contributed by atoms with Gasteiger partial charge in [0.25, 0.3) is 11.8 Å². The number of hydrogen-bond donors (Lipinski definition) is 0. The van der Waals surface area contributed by atoms with Crippen molar-refractivity contribution in [1.29, 1.82) is 0 Å². The third kappa shape index (κ3) is 4.51. The number of halogens is 1. The Morgan fingerprint density at radius 1 is 0.968 bits per heavy atom. The van der Waals surface area contributed by atoms with Gasteiger partial charge in [-0.1, -0.05) is 29.8 Å². The molecule has 4 rings (SSSR count). The highest BCUT2D eigenvalue weighted by Crippen LogP contribution is 2.24. The van der Waals surface area contributed by atoms with Crippen LogP contribution in [-0.4, -0.2) is 65.1 Å². The molecule has 7 heteroatoms. The highest BCUT2D eigenvalue weighted by atomic mass is 19.1. The van der Waals surface area contributed by atoms with Crippen molar-refractivity contribution >= 4 is 17.7 Å². The molecule has 0 aromatic heterocycles. The average molecular weight is 423 g/mol. The molecular formula is C24H26FN3O3. The predicted octanol–water partition coefficient (Wildman–Crippen LogP) is 2.85. The Morgan fingerprint density at radius 3 is 2.42 bits per heavy atom. The fraction of sp³-hybridized carbons (Fsp3) is 0.375. The summed E-state index contributed by atoms with van der Waals surface area (Å²) in [7, 11) is 0. The molecule has 0 bridgehead atoms. The van der Waals surface area contributed by atoms with Crippen molar-refractivity contribution in [3.05, 3.63) is 70.5 Å². The first-order chi connectivity index (χ1) is 14.9. The maximum atomic E-state index is 13.8. The number of imide groups is 1. The highest BCUT2D eigenvalue weighted by molar-refractivity contribution is 6.21. The second-order valence-corrected chi connectivity index (χ2v) is 8.16. The van der Waals surface area contributed by atoms with Gasteiger partial charge in [-0.15, -0.1) is 0 Å². The molecule has 1 saturated heterocycles. The largest absolute Gasteiger partial charge is 0.340 e. The number of piperazine rings is 1. The van der Waals surface area contributed by atoms with E-state index in [-0.39, 0.29) is 30.1 Å². The summed E-state index contributed by atoms with van der Waals surface area (Å²) >= 11 is 0. The van der Waals surface area contributed by atoms with E-state index >= 15 is 0 Å². The van der Waals surface area contributed by atoms with E-state index in [2.05, 4.69) is 4.90 Å². The maximum absolute atomic E-state index is 13.8. The molecule has 2 heterocycles. The highest BCUT2D eigenvalue weighted by Gasteiger charge is 2.35. The van der Waals surface area contributed by atoms with Crippen LogP contribution in [0.1, 0.15) is 44.7 Å². The van der Waals surface area contributed by atoms with E-state index in [1.807, 2.05) is 24.0 Å². The molecule has 3 amide bonds. The molecule has 162 valence electrons. The van der Waals surface area contributed by atoms with Crippen LogP contribution >= 0.6 is 0 Å². The molecular weight excluding hydrogens is 397 g/mol. The van der Waals surface area contributed by atoms with E-state index in [1.54, 1.807) is 24.3 Å². The number of benzene rings is 2. The summed E-state index contributed by atoms with van der Waals surface area (Å²) in [6, 6.07) is 12.0. The Balaban J connectivity index is 1.23. The molecule has 6 nitrogen and oxygen atoms in total. The predicted molar refractivity (Wildman–Crippen MR) is 114 cm³/mol. The van der Waals surface area contributed by atoms with Crippen LogP contribution in [0.4, 0.5) is 4.39 Å². The number of nitrogens with zero attached hydrogens (tertiary/aromatic N) is 3. The Bertz CT molecular complexity index is 1010. The van der Waals surface area contributed by atoms with Gasteiger partial charge in [0, 0.05) is 51.3 Å². The van der Waals surface area contributed by atoms with Gasteiger partial charge in [-0.2, -0.15) is 0 Å². The Hall–Kier alpha value is -3.06. The first kappa shape index (κ1) is 21.2. The number of carbonyl (C=O) groups is 3. The minimum Gasteiger partial charge on any atom is -0.340 e. The van der Waals surface area contributed by atoms with E-state index in [4.69, 9.17) is 0 Å². The molecule has 0 saturated carbocycles. The van der Waals surface area contributed by atoms with E-state index in [0.717, 1.165) is 5.56 Å². The number of fused-ring (bicyclic) bond motifs is 1. The van der Waals surface area contributed by atoms with Crippen LogP contribution in [0.2, 0.25) is 0 Å². The molecule has 2 aromatic carbocycles. The van der Waals surface area contributed by atoms with Crippen molar-refractivity contribution in [2.24, 2.45) is 0 Å². The van der Waals surface area contributed by atoms with Crippen LogP contribution in [-0.2, 0) is 11.3 Å². The topological polar surface area (TPSA) is 60.9 Å². The second-order valence-electron chi connectivity index (χ2n) is 8.16. The lowest BCUT2D eigenvalue weighted by Gasteiger charge is -2.35. The van der Waals surface area contributed by atoms with Gasteiger partial charge in [0.15, 0.2) is 0 Å². The fourth-order valence-corrected chi connectivity index (χ4v) is 4.18. The van der Waals surface area contributed by atoms with Crippen LogP contribution in [0.15, 0.2) is 42.5 Å². The summed E-state index contributed by atoms with van der Waals surface area (Å²) in [5, 5.41) is 0. The lowest BCUT2D eigenvalue weighted by molar-refractivity contribution is -0.133. The van der Waals surface area contributed by atoms with E-state index in [0.29, 0.717) is 62.3 Å². The van der Waals surface area contributed by atoms with E-state index < -0.39 is 0 Å². The molecule has 0 unspecified atom stereocenters. The zero-order valence-electron chi connectivity index (χ0n) is 17.6. The molecule has 0 atom stereocenters. The lowest BCUT2D eigenvalue weighted by Crippen LogP contribution is -2.48. The Morgan fingerprint density at radius 2 is 1.68 bits per heavy atom. The van der Waals surface area contributed by atoms with Crippen LogP contribution < -0.4 is 0 Å². The summed E-state index contributed by atoms with van der Waals surface area (Å²) in [6.07, 6.45) is 0.735. The molecule has 0 aliphatic carbocycles. The Kier molecular flexibility index (Phi) is 6.13. The zero-order chi connectivity index (χ0) is 22.0. The molecule has 2 aliphatic heterocycles. The van der Waals surface area contributed by atoms with Gasteiger partial charge in [-0.05, 0) is 31.5 Å². The molecule has 0 N–H and O–H groups in total. The van der Waals surface area contributed by atoms with Crippen LogP contribution in [0.25, 0.3) is 0 Å². The minimum atomic E-state index is -0.283. The third-order valence-electron chi connectivity index (χ3n) is 5.98. The number of aryl methyl sites for hydroxylation is 1. The SMILES string of the molecule is Cc1ccc2c(c1)C(=O)N(CCCC(=O)N1CCN(Cc3ccccc3F)CC1)C2=O. The summed E-state index contributed by atoms with van der Waals surface area (Å²) in [4.78, 5) is 42.8. The summed E-state index contributed by atoms with van der Waals surface area (Å²) in [5.74, 6) is -0.741. The number of hydrogen-bond acceptors (Lipinski definition) is 4. The van der Waals surface area contributed by atoms with Crippen molar-refractivity contribution in [1.82, 2.24) is 14.7 Å². The fourth-order valence-electron chi connectivity index (χ4n) is 4.18. The molecule has 2 aromatic rings. The maximum Gasteiger partial charge on any atom is 0.261 e. The van der Waals surface area contributed by atoms with Gasteiger partial charge in [0.05, 0.1) is 11.1 Å². The molecule has 0 spiro atoms. The molecule has 31 heavy (non-hydrogen) atoms. The molecule has 0 radical (unpaired) electrons. The summed E-state index contributed by atoms with van der Waals surface area (Å²) < 4.78 is 13.8. The zero-order valence-corrected chi connectivity index (χ0v) is 17.6. The lowest BCUT2D eigenvalue weighted by atomic mass is 10.1. The molecule has 2 aliphatic rings. The van der Waals surface area contributed by atoms with Crippen molar-refractivity contribution < 1.29 is 18.8 Å². The smallest absolute Gasteiger partial charge is 0.261 e. The van der Waals surface area contributed by atoms with Gasteiger partial charge < -0.3 is 4.90 Å². The average Bonchev–Trinajstić information content (AvgIpc) is 3.00. The standard InChI is InChI=1S/C24H26FN3O3/c1-17-8-9-19-20(15-17)24(31)28(23(19)30)10-4-7-22(29)27-13-11-26(12-14-27)16-18-5-2-3-6-21(18)25/h2-3,5-6,8-9,15H,4,7,10-14,16H2,1H3.